The number of hydrogen-bond donors (Lipinski definition) is 2. The van der Waals surface area contributed by atoms with Crippen molar-refractivity contribution in [3.05, 3.63) is 18.0 Å². The summed E-state index contributed by atoms with van der Waals surface area (Å²) in [5.74, 6) is -1.21. The number of carbonyl (C=O) groups is 2. The first-order valence-corrected chi connectivity index (χ1v) is 7.09. The van der Waals surface area contributed by atoms with Gasteiger partial charge in [0.1, 0.15) is 5.69 Å². The van der Waals surface area contributed by atoms with Crippen LogP contribution in [0.25, 0.3) is 0 Å². The summed E-state index contributed by atoms with van der Waals surface area (Å²) < 4.78 is 6.91. The first kappa shape index (κ1) is 15.5. The van der Waals surface area contributed by atoms with Crippen LogP contribution >= 0.6 is 0 Å². The lowest BCUT2D eigenvalue weighted by Gasteiger charge is -2.36. The van der Waals surface area contributed by atoms with Gasteiger partial charge in [-0.2, -0.15) is 5.10 Å². The number of carboxylic acids is 1. The number of rotatable bonds is 5. The van der Waals surface area contributed by atoms with Gasteiger partial charge in [-0.1, -0.05) is 0 Å². The number of amides is 1. The molecule has 1 saturated heterocycles. The molecule has 2 rings (SSSR count). The smallest absolute Gasteiger partial charge is 0.305 e. The predicted molar refractivity (Wildman–Crippen MR) is 75.1 cm³/mol. The molecule has 0 atom stereocenters. The lowest BCUT2D eigenvalue weighted by molar-refractivity contribution is -0.139. The average Bonchev–Trinajstić information content (AvgIpc) is 2.87. The van der Waals surface area contributed by atoms with E-state index in [2.05, 4.69) is 10.4 Å². The summed E-state index contributed by atoms with van der Waals surface area (Å²) in [7, 11) is 0. The molecule has 1 aliphatic heterocycles. The van der Waals surface area contributed by atoms with E-state index in [9.17, 15) is 9.59 Å². The van der Waals surface area contributed by atoms with Gasteiger partial charge in [-0.15, -0.1) is 0 Å². The Labute approximate surface area is 123 Å². The van der Waals surface area contributed by atoms with Crippen LogP contribution in [0, 0.1) is 0 Å². The fourth-order valence-electron chi connectivity index (χ4n) is 2.61. The molecule has 1 amide bonds. The van der Waals surface area contributed by atoms with Crippen LogP contribution in [0.3, 0.4) is 0 Å². The minimum atomic E-state index is -0.922. The Morgan fingerprint density at radius 3 is 2.71 bits per heavy atom. The Bertz CT molecular complexity index is 518. The maximum absolute atomic E-state index is 12.5. The fraction of sp³-hybridized carbons (Fsp3) is 0.643. The molecule has 0 radical (unpaired) electrons. The zero-order chi connectivity index (χ0) is 15.5. The quantitative estimate of drug-likeness (QED) is 0.852. The third-order valence-corrected chi connectivity index (χ3v) is 3.71. The number of carboxylic acid groups (broad SMARTS) is 1. The summed E-state index contributed by atoms with van der Waals surface area (Å²) in [6.07, 6.45) is 2.47. The standard InChI is InChI=1S/C14H21N3O4/c1-10(2)17-11(3-6-15-17)13(20)16-14(9-12(18)19)4-7-21-8-5-14/h3,6,10H,4-5,7-9H2,1-2H3,(H,16,20)(H,18,19). The van der Waals surface area contributed by atoms with Crippen LogP contribution in [0.5, 0.6) is 0 Å². The van der Waals surface area contributed by atoms with Gasteiger partial charge >= 0.3 is 5.97 Å². The van der Waals surface area contributed by atoms with E-state index in [1.807, 2.05) is 13.8 Å². The number of carbonyl (C=O) groups excluding carboxylic acids is 1. The Morgan fingerprint density at radius 2 is 2.14 bits per heavy atom. The Hall–Kier alpha value is -1.89. The van der Waals surface area contributed by atoms with Crippen LogP contribution < -0.4 is 5.32 Å². The van der Waals surface area contributed by atoms with E-state index < -0.39 is 11.5 Å². The highest BCUT2D eigenvalue weighted by molar-refractivity contribution is 5.93. The van der Waals surface area contributed by atoms with E-state index in [-0.39, 0.29) is 18.4 Å². The molecule has 0 aromatic carbocycles. The maximum Gasteiger partial charge on any atom is 0.305 e. The van der Waals surface area contributed by atoms with Crippen molar-refractivity contribution in [1.82, 2.24) is 15.1 Å². The van der Waals surface area contributed by atoms with Gasteiger partial charge < -0.3 is 15.2 Å². The van der Waals surface area contributed by atoms with Crippen molar-refractivity contribution < 1.29 is 19.4 Å². The SMILES string of the molecule is CC(C)n1nccc1C(=O)NC1(CC(=O)O)CCOCC1. The van der Waals surface area contributed by atoms with Gasteiger partial charge in [0.25, 0.3) is 5.91 Å². The molecule has 1 fully saturated rings. The number of aromatic nitrogens is 2. The highest BCUT2D eigenvalue weighted by Gasteiger charge is 2.37. The molecular weight excluding hydrogens is 274 g/mol. The van der Waals surface area contributed by atoms with E-state index in [0.29, 0.717) is 31.7 Å². The van der Waals surface area contributed by atoms with Gasteiger partial charge in [-0.25, -0.2) is 0 Å². The molecule has 1 aliphatic rings. The number of hydrogen-bond acceptors (Lipinski definition) is 4. The molecule has 0 bridgehead atoms. The largest absolute Gasteiger partial charge is 0.481 e. The molecule has 2 heterocycles. The second kappa shape index (κ2) is 6.26. The number of nitrogens with zero attached hydrogens (tertiary/aromatic N) is 2. The summed E-state index contributed by atoms with van der Waals surface area (Å²) in [6.45, 7) is 4.78. The van der Waals surface area contributed by atoms with E-state index in [1.54, 1.807) is 16.9 Å². The molecule has 0 unspecified atom stereocenters. The molecule has 21 heavy (non-hydrogen) atoms. The average molecular weight is 295 g/mol. The van der Waals surface area contributed by atoms with Crippen LogP contribution in [0.1, 0.15) is 49.6 Å². The molecule has 0 saturated carbocycles. The second-order valence-corrected chi connectivity index (χ2v) is 5.67. The molecule has 7 heteroatoms. The van der Waals surface area contributed by atoms with Crippen LogP contribution in [-0.2, 0) is 9.53 Å². The summed E-state index contributed by atoms with van der Waals surface area (Å²) in [5, 5.41) is 16.1. The van der Waals surface area contributed by atoms with Gasteiger partial charge in [0.05, 0.1) is 12.0 Å². The summed E-state index contributed by atoms with van der Waals surface area (Å²) in [6, 6.07) is 1.70. The summed E-state index contributed by atoms with van der Waals surface area (Å²) in [4.78, 5) is 23.6. The number of nitrogens with one attached hydrogen (secondary N) is 1. The van der Waals surface area contributed by atoms with Crippen molar-refractivity contribution in [3.63, 3.8) is 0 Å². The first-order chi connectivity index (χ1) is 9.93. The highest BCUT2D eigenvalue weighted by atomic mass is 16.5. The molecule has 0 aliphatic carbocycles. The van der Waals surface area contributed by atoms with Crippen LogP contribution in [0.15, 0.2) is 12.3 Å². The summed E-state index contributed by atoms with van der Waals surface area (Å²) in [5.41, 5.74) is -0.297. The fourth-order valence-corrected chi connectivity index (χ4v) is 2.61. The zero-order valence-electron chi connectivity index (χ0n) is 12.3. The van der Waals surface area contributed by atoms with Crippen LogP contribution in [0.4, 0.5) is 0 Å². The molecule has 1 aromatic rings. The monoisotopic (exact) mass is 295 g/mol. The lowest BCUT2D eigenvalue weighted by atomic mass is 9.86. The van der Waals surface area contributed by atoms with Crippen LogP contribution in [0.2, 0.25) is 0 Å². The topological polar surface area (TPSA) is 93.5 Å². The van der Waals surface area contributed by atoms with Crippen molar-refractivity contribution in [3.8, 4) is 0 Å². The molecule has 0 spiro atoms. The van der Waals surface area contributed by atoms with Gasteiger partial charge in [0.2, 0.25) is 0 Å². The molecule has 116 valence electrons. The van der Waals surface area contributed by atoms with Gasteiger partial charge in [0, 0.05) is 25.5 Å². The summed E-state index contributed by atoms with van der Waals surface area (Å²) >= 11 is 0. The zero-order valence-corrected chi connectivity index (χ0v) is 12.3. The van der Waals surface area contributed by atoms with Crippen molar-refractivity contribution >= 4 is 11.9 Å². The maximum atomic E-state index is 12.5. The van der Waals surface area contributed by atoms with E-state index in [0.717, 1.165) is 0 Å². The third kappa shape index (κ3) is 3.60. The van der Waals surface area contributed by atoms with Gasteiger partial charge in [-0.3, -0.25) is 14.3 Å². The Kier molecular flexibility index (Phi) is 4.62. The van der Waals surface area contributed by atoms with Crippen LogP contribution in [-0.4, -0.2) is 45.5 Å². The highest BCUT2D eigenvalue weighted by Crippen LogP contribution is 2.25. The van der Waals surface area contributed by atoms with Gasteiger partial charge in [0.15, 0.2) is 0 Å². The second-order valence-electron chi connectivity index (χ2n) is 5.67. The van der Waals surface area contributed by atoms with E-state index in [1.165, 1.54) is 0 Å². The number of aliphatic carboxylic acids is 1. The molecule has 7 nitrogen and oxygen atoms in total. The Balaban J connectivity index is 2.17. The normalized spacial score (nSPS) is 17.7. The van der Waals surface area contributed by atoms with Crippen molar-refractivity contribution in [2.75, 3.05) is 13.2 Å². The van der Waals surface area contributed by atoms with Gasteiger partial charge in [-0.05, 0) is 32.8 Å². The molecule has 2 N–H and O–H groups in total. The van der Waals surface area contributed by atoms with Crippen molar-refractivity contribution in [1.29, 1.82) is 0 Å². The molecular formula is C14H21N3O4. The minimum Gasteiger partial charge on any atom is -0.481 e. The lowest BCUT2D eigenvalue weighted by Crippen LogP contribution is -2.53. The number of ether oxygens (including phenoxy) is 1. The first-order valence-electron chi connectivity index (χ1n) is 7.09. The third-order valence-electron chi connectivity index (χ3n) is 3.71. The predicted octanol–water partition coefficient (Wildman–Crippen LogP) is 1.22. The Morgan fingerprint density at radius 1 is 1.48 bits per heavy atom. The van der Waals surface area contributed by atoms with E-state index in [4.69, 9.17) is 9.84 Å². The minimum absolute atomic E-state index is 0.0610. The van der Waals surface area contributed by atoms with Crippen molar-refractivity contribution in [2.45, 2.75) is 44.7 Å². The van der Waals surface area contributed by atoms with E-state index >= 15 is 0 Å². The molecule has 1 aromatic heterocycles. The van der Waals surface area contributed by atoms with Crippen molar-refractivity contribution in [2.24, 2.45) is 0 Å².